The topological polar surface area (TPSA) is 24.1 Å². The molecular formula is C12H30N2Si. The molecule has 0 aromatic carbocycles. The molecule has 2 atom stereocenters. The molecule has 0 spiro atoms. The number of hydrogen-bond acceptors (Lipinski definition) is 2. The summed E-state index contributed by atoms with van der Waals surface area (Å²) < 4.78 is 0. The molecule has 92 valence electrons. The molecular weight excluding hydrogens is 200 g/mol. The van der Waals surface area contributed by atoms with E-state index in [9.17, 15) is 0 Å². The Hall–Kier alpha value is 0.137. The van der Waals surface area contributed by atoms with Crippen molar-refractivity contribution in [3.63, 3.8) is 0 Å². The zero-order valence-electron chi connectivity index (χ0n) is 11.5. The van der Waals surface area contributed by atoms with Gasteiger partial charge in [0.1, 0.15) is 0 Å². The van der Waals surface area contributed by atoms with Gasteiger partial charge in [-0.05, 0) is 24.2 Å². The number of rotatable bonds is 8. The van der Waals surface area contributed by atoms with E-state index in [1.54, 1.807) is 0 Å². The highest BCUT2D eigenvalue weighted by atomic mass is 28.3. The van der Waals surface area contributed by atoms with Gasteiger partial charge in [-0.15, -0.1) is 0 Å². The van der Waals surface area contributed by atoms with E-state index in [0.29, 0.717) is 0 Å². The van der Waals surface area contributed by atoms with E-state index < -0.39 is 8.40 Å². The maximum atomic E-state index is 3.83. The molecule has 3 heteroatoms. The second kappa shape index (κ2) is 7.42. The van der Waals surface area contributed by atoms with Gasteiger partial charge in [0.25, 0.3) is 0 Å². The first-order valence-electron chi connectivity index (χ1n) is 6.58. The van der Waals surface area contributed by atoms with E-state index in [1.807, 2.05) is 0 Å². The zero-order valence-corrected chi connectivity index (χ0v) is 12.5. The van der Waals surface area contributed by atoms with Crippen molar-refractivity contribution in [2.24, 2.45) is 0 Å². The lowest BCUT2D eigenvalue weighted by atomic mass is 10.3. The maximum Gasteiger partial charge on any atom is 0.207 e. The van der Waals surface area contributed by atoms with E-state index in [2.05, 4.69) is 51.5 Å². The molecule has 0 amide bonds. The second-order valence-electron chi connectivity index (χ2n) is 4.55. The summed E-state index contributed by atoms with van der Waals surface area (Å²) in [6.07, 6.45) is 2.55. The van der Waals surface area contributed by atoms with Gasteiger partial charge >= 0.3 is 0 Å². The lowest BCUT2D eigenvalue weighted by Crippen LogP contribution is -2.67. The van der Waals surface area contributed by atoms with Crippen LogP contribution in [-0.4, -0.2) is 21.5 Å². The predicted molar refractivity (Wildman–Crippen MR) is 72.5 cm³/mol. The molecule has 0 saturated heterocycles. The van der Waals surface area contributed by atoms with Crippen molar-refractivity contribution in [3.05, 3.63) is 0 Å². The Bertz CT molecular complexity index is 144. The van der Waals surface area contributed by atoms with Gasteiger partial charge in [-0.2, -0.15) is 0 Å². The Morgan fingerprint density at radius 1 is 0.800 bits per heavy atom. The molecule has 0 rings (SSSR count). The normalized spacial score (nSPS) is 16.4. The minimum atomic E-state index is -1.50. The van der Waals surface area contributed by atoms with Gasteiger partial charge in [-0.3, -0.25) is 0 Å². The zero-order chi connectivity index (χ0) is 11.9. The number of hydrogen-bond donors (Lipinski definition) is 2. The van der Waals surface area contributed by atoms with Crippen LogP contribution in [-0.2, 0) is 0 Å². The first kappa shape index (κ1) is 15.1. The van der Waals surface area contributed by atoms with Crippen LogP contribution < -0.4 is 9.96 Å². The molecule has 0 bridgehead atoms. The monoisotopic (exact) mass is 230 g/mol. The third-order valence-electron chi connectivity index (χ3n) is 3.72. The highest BCUT2D eigenvalue weighted by Crippen LogP contribution is 2.32. The Balaban J connectivity index is 4.86. The maximum absolute atomic E-state index is 3.83. The third kappa shape index (κ3) is 3.57. The van der Waals surface area contributed by atoms with Crippen molar-refractivity contribution < 1.29 is 0 Å². The summed E-state index contributed by atoms with van der Waals surface area (Å²) in [5.41, 5.74) is 1.60. The Labute approximate surface area is 97.4 Å². The van der Waals surface area contributed by atoms with Crippen LogP contribution in [0.1, 0.15) is 54.4 Å². The van der Waals surface area contributed by atoms with E-state index in [4.69, 9.17) is 0 Å². The molecule has 0 aliphatic heterocycles. The second-order valence-corrected chi connectivity index (χ2v) is 8.96. The molecule has 2 N–H and O–H groups in total. The highest BCUT2D eigenvalue weighted by molar-refractivity contribution is 6.77. The Morgan fingerprint density at radius 3 is 1.33 bits per heavy atom. The first-order chi connectivity index (χ1) is 7.08. The van der Waals surface area contributed by atoms with Crippen LogP contribution in [0.25, 0.3) is 0 Å². The van der Waals surface area contributed by atoms with E-state index >= 15 is 0 Å². The van der Waals surface area contributed by atoms with Crippen molar-refractivity contribution in [2.75, 3.05) is 13.1 Å². The molecule has 0 aromatic rings. The Morgan fingerprint density at radius 2 is 1.13 bits per heavy atom. The van der Waals surface area contributed by atoms with Crippen LogP contribution in [0.2, 0.25) is 11.1 Å². The third-order valence-corrected chi connectivity index (χ3v) is 9.52. The predicted octanol–water partition coefficient (Wildman–Crippen LogP) is 3.25. The van der Waals surface area contributed by atoms with Gasteiger partial charge in [0, 0.05) is 0 Å². The van der Waals surface area contributed by atoms with Crippen molar-refractivity contribution in [3.8, 4) is 0 Å². The van der Waals surface area contributed by atoms with Crippen molar-refractivity contribution in [2.45, 2.75) is 65.5 Å². The first-order valence-corrected chi connectivity index (χ1v) is 8.74. The fraction of sp³-hybridized carbons (Fsp3) is 1.00. The standard InChI is InChI=1S/C12H30N2Si/c1-7-11(5)15(13-9-3,14-10-4)12(6)8-2/h11-14H,7-10H2,1-6H3. The van der Waals surface area contributed by atoms with Crippen molar-refractivity contribution in [1.29, 1.82) is 0 Å². The van der Waals surface area contributed by atoms with Crippen LogP contribution >= 0.6 is 0 Å². The van der Waals surface area contributed by atoms with Crippen LogP contribution in [0.4, 0.5) is 0 Å². The van der Waals surface area contributed by atoms with E-state index in [1.165, 1.54) is 12.8 Å². The molecule has 0 aliphatic rings. The molecule has 0 heterocycles. The molecule has 0 radical (unpaired) electrons. The highest BCUT2D eigenvalue weighted by Gasteiger charge is 2.41. The average molecular weight is 230 g/mol. The molecule has 15 heavy (non-hydrogen) atoms. The summed E-state index contributed by atoms with van der Waals surface area (Å²) in [6, 6.07) is 0. The lowest BCUT2D eigenvalue weighted by molar-refractivity contribution is 0.663. The van der Waals surface area contributed by atoms with Crippen molar-refractivity contribution in [1.82, 2.24) is 9.96 Å². The SMILES string of the molecule is CCN[Si](NCC)(C(C)CC)C(C)CC. The fourth-order valence-corrected chi connectivity index (χ4v) is 7.42. The largest absolute Gasteiger partial charge is 0.325 e. The average Bonchev–Trinajstić information content (AvgIpc) is 2.26. The van der Waals surface area contributed by atoms with Crippen LogP contribution in [0.15, 0.2) is 0 Å². The molecule has 2 nitrogen and oxygen atoms in total. The molecule has 0 fully saturated rings. The summed E-state index contributed by atoms with van der Waals surface area (Å²) in [5.74, 6) is 0. The van der Waals surface area contributed by atoms with Gasteiger partial charge in [0.05, 0.1) is 0 Å². The van der Waals surface area contributed by atoms with Crippen LogP contribution in [0.5, 0.6) is 0 Å². The summed E-state index contributed by atoms with van der Waals surface area (Å²) in [4.78, 5) is 7.65. The lowest BCUT2D eigenvalue weighted by Gasteiger charge is -2.42. The molecule has 0 aliphatic carbocycles. The molecule has 2 unspecified atom stereocenters. The molecule has 0 aromatic heterocycles. The smallest absolute Gasteiger partial charge is 0.207 e. The van der Waals surface area contributed by atoms with Gasteiger partial charge in [-0.1, -0.05) is 54.4 Å². The summed E-state index contributed by atoms with van der Waals surface area (Å²) in [7, 11) is -1.50. The van der Waals surface area contributed by atoms with Gasteiger partial charge in [0.15, 0.2) is 0 Å². The van der Waals surface area contributed by atoms with Gasteiger partial charge < -0.3 is 9.96 Å². The summed E-state index contributed by atoms with van der Waals surface area (Å²) >= 11 is 0. The minimum Gasteiger partial charge on any atom is -0.325 e. The van der Waals surface area contributed by atoms with Crippen LogP contribution in [0, 0.1) is 0 Å². The minimum absolute atomic E-state index is 0.798. The molecule has 0 saturated carbocycles. The van der Waals surface area contributed by atoms with E-state index in [0.717, 1.165) is 24.2 Å². The van der Waals surface area contributed by atoms with Gasteiger partial charge in [0.2, 0.25) is 8.40 Å². The van der Waals surface area contributed by atoms with E-state index in [-0.39, 0.29) is 0 Å². The van der Waals surface area contributed by atoms with Crippen LogP contribution in [0.3, 0.4) is 0 Å². The quantitative estimate of drug-likeness (QED) is 0.626. The van der Waals surface area contributed by atoms with Gasteiger partial charge in [-0.25, -0.2) is 0 Å². The van der Waals surface area contributed by atoms with Crippen molar-refractivity contribution >= 4 is 8.40 Å². The summed E-state index contributed by atoms with van der Waals surface area (Å²) in [6.45, 7) is 16.1. The summed E-state index contributed by atoms with van der Waals surface area (Å²) in [5, 5.41) is 0. The Kier molecular flexibility index (Phi) is 7.48. The fourth-order valence-electron chi connectivity index (χ4n) is 2.47. The number of nitrogens with one attached hydrogen (secondary N) is 2.